The Morgan fingerprint density at radius 1 is 1.33 bits per heavy atom. The van der Waals surface area contributed by atoms with Crippen LogP contribution in [0.5, 0.6) is 0 Å². The Morgan fingerprint density at radius 3 is 2.74 bits per heavy atom. The van der Waals surface area contributed by atoms with Gasteiger partial charge in [-0.25, -0.2) is 15.0 Å². The van der Waals surface area contributed by atoms with E-state index in [9.17, 15) is 14.9 Å². The average Bonchev–Trinajstić information content (AvgIpc) is 2.69. The predicted octanol–water partition coefficient (Wildman–Crippen LogP) is 2.30. The Bertz CT molecular complexity index is 808. The molecule has 0 aromatic carbocycles. The number of nitrogens with one attached hydrogen (secondary N) is 1. The van der Waals surface area contributed by atoms with E-state index in [1.807, 2.05) is 0 Å². The Labute approximate surface area is 155 Å². The first kappa shape index (κ1) is 18.5. The zero-order valence-corrected chi connectivity index (χ0v) is 14.9. The van der Waals surface area contributed by atoms with Gasteiger partial charge in [0, 0.05) is 19.3 Å². The largest absolute Gasteiger partial charge is 0.466 e. The van der Waals surface area contributed by atoms with Crippen molar-refractivity contribution in [2.24, 2.45) is 5.92 Å². The fraction of sp³-hybridized carbons (Fsp3) is 0.412. The normalized spacial score (nSPS) is 14.6. The van der Waals surface area contributed by atoms with Gasteiger partial charge in [0.1, 0.15) is 12.1 Å². The zero-order chi connectivity index (χ0) is 19.2. The number of carbonyl (C=O) groups excluding carboxylic acids is 1. The molecular weight excluding hydrogens is 352 g/mol. The molecule has 27 heavy (non-hydrogen) atoms. The number of aromatic nitrogens is 3. The highest BCUT2D eigenvalue weighted by Crippen LogP contribution is 2.35. The van der Waals surface area contributed by atoms with Crippen LogP contribution in [0.15, 0.2) is 30.7 Å². The Morgan fingerprint density at radius 2 is 2.11 bits per heavy atom. The van der Waals surface area contributed by atoms with Crippen LogP contribution < -0.4 is 10.2 Å². The van der Waals surface area contributed by atoms with E-state index in [0.717, 1.165) is 0 Å². The first-order valence-corrected chi connectivity index (χ1v) is 8.69. The fourth-order valence-electron chi connectivity index (χ4n) is 3.01. The lowest BCUT2D eigenvalue weighted by atomic mass is 9.97. The maximum absolute atomic E-state index is 11.9. The molecule has 10 heteroatoms. The molecule has 3 heterocycles. The van der Waals surface area contributed by atoms with Gasteiger partial charge in [-0.3, -0.25) is 14.9 Å². The maximum atomic E-state index is 11.9. The fourth-order valence-corrected chi connectivity index (χ4v) is 3.01. The van der Waals surface area contributed by atoms with Crippen LogP contribution in [0.2, 0.25) is 0 Å². The van der Waals surface area contributed by atoms with E-state index < -0.39 is 4.92 Å². The van der Waals surface area contributed by atoms with E-state index >= 15 is 0 Å². The minimum absolute atomic E-state index is 0.0798. The number of hydrogen-bond donors (Lipinski definition) is 1. The second kappa shape index (κ2) is 8.39. The molecule has 142 valence electrons. The van der Waals surface area contributed by atoms with E-state index in [-0.39, 0.29) is 29.2 Å². The predicted molar refractivity (Wildman–Crippen MR) is 97.8 cm³/mol. The van der Waals surface area contributed by atoms with Gasteiger partial charge < -0.3 is 15.0 Å². The second-order valence-electron chi connectivity index (χ2n) is 6.00. The van der Waals surface area contributed by atoms with Gasteiger partial charge in [0.25, 0.3) is 0 Å². The molecule has 0 radical (unpaired) electrons. The molecule has 1 aliphatic heterocycles. The minimum atomic E-state index is -0.502. The SMILES string of the molecule is CCOC(=O)C1CCN(c2ncnc(Nc3ccccn3)c2[N+](=O)[O-])CC1. The number of anilines is 3. The van der Waals surface area contributed by atoms with E-state index in [4.69, 9.17) is 4.74 Å². The number of piperidine rings is 1. The van der Waals surface area contributed by atoms with Crippen molar-refractivity contribution in [3.8, 4) is 0 Å². The number of hydrogen-bond acceptors (Lipinski definition) is 9. The summed E-state index contributed by atoms with van der Waals surface area (Å²) in [6.45, 7) is 3.07. The highest BCUT2D eigenvalue weighted by molar-refractivity contribution is 5.75. The number of carbonyl (C=O) groups is 1. The van der Waals surface area contributed by atoms with Gasteiger partial charge in [-0.2, -0.15) is 0 Å². The van der Waals surface area contributed by atoms with Gasteiger partial charge in [-0.1, -0.05) is 6.07 Å². The van der Waals surface area contributed by atoms with Crippen molar-refractivity contribution in [1.82, 2.24) is 15.0 Å². The van der Waals surface area contributed by atoms with E-state index in [1.54, 1.807) is 36.2 Å². The van der Waals surface area contributed by atoms with Crippen molar-refractivity contribution in [1.29, 1.82) is 0 Å². The lowest BCUT2D eigenvalue weighted by Crippen LogP contribution is -2.37. The molecular formula is C17H20N6O4. The molecule has 0 unspecified atom stereocenters. The molecule has 0 saturated carbocycles. The molecule has 1 saturated heterocycles. The molecule has 10 nitrogen and oxygen atoms in total. The summed E-state index contributed by atoms with van der Waals surface area (Å²) in [6.07, 6.45) is 3.98. The van der Waals surface area contributed by atoms with Crippen molar-refractivity contribution in [3.63, 3.8) is 0 Å². The Balaban J connectivity index is 1.81. The lowest BCUT2D eigenvalue weighted by molar-refractivity contribution is -0.383. The number of nitrogens with zero attached hydrogens (tertiary/aromatic N) is 5. The molecule has 1 aliphatic rings. The van der Waals surface area contributed by atoms with Crippen LogP contribution in [-0.2, 0) is 9.53 Å². The highest BCUT2D eigenvalue weighted by Gasteiger charge is 2.32. The third-order valence-corrected chi connectivity index (χ3v) is 4.31. The van der Waals surface area contributed by atoms with Gasteiger partial charge in [0.05, 0.1) is 17.4 Å². The number of pyridine rings is 1. The highest BCUT2D eigenvalue weighted by atomic mass is 16.6. The number of rotatable bonds is 6. The lowest BCUT2D eigenvalue weighted by Gasteiger charge is -2.31. The smallest absolute Gasteiger partial charge is 0.353 e. The third-order valence-electron chi connectivity index (χ3n) is 4.31. The molecule has 3 rings (SSSR count). The minimum Gasteiger partial charge on any atom is -0.466 e. The third kappa shape index (κ3) is 4.27. The van der Waals surface area contributed by atoms with Crippen LogP contribution >= 0.6 is 0 Å². The first-order valence-electron chi connectivity index (χ1n) is 8.69. The van der Waals surface area contributed by atoms with Crippen molar-refractivity contribution >= 4 is 29.1 Å². The summed E-state index contributed by atoms with van der Waals surface area (Å²) >= 11 is 0. The van der Waals surface area contributed by atoms with Crippen molar-refractivity contribution in [2.45, 2.75) is 19.8 Å². The summed E-state index contributed by atoms with van der Waals surface area (Å²) in [7, 11) is 0. The van der Waals surface area contributed by atoms with Gasteiger partial charge in [0.2, 0.25) is 11.6 Å². The Hall–Kier alpha value is -3.30. The van der Waals surface area contributed by atoms with E-state index in [1.165, 1.54) is 6.33 Å². The zero-order valence-electron chi connectivity index (χ0n) is 14.9. The summed E-state index contributed by atoms with van der Waals surface area (Å²) in [5, 5.41) is 14.6. The summed E-state index contributed by atoms with van der Waals surface area (Å²) in [6, 6.07) is 5.21. The van der Waals surface area contributed by atoms with Gasteiger partial charge in [0.15, 0.2) is 0 Å². The Kier molecular flexibility index (Phi) is 5.74. The molecule has 2 aromatic heterocycles. The molecule has 2 aromatic rings. The van der Waals surface area contributed by atoms with E-state index in [0.29, 0.717) is 38.4 Å². The van der Waals surface area contributed by atoms with Crippen LogP contribution in [0.3, 0.4) is 0 Å². The number of nitro groups is 1. The van der Waals surface area contributed by atoms with Crippen LogP contribution in [0.4, 0.5) is 23.1 Å². The molecule has 0 aliphatic carbocycles. The number of esters is 1. The first-order chi connectivity index (χ1) is 13.1. The second-order valence-corrected chi connectivity index (χ2v) is 6.00. The van der Waals surface area contributed by atoms with Crippen molar-refractivity contribution in [3.05, 3.63) is 40.8 Å². The van der Waals surface area contributed by atoms with Crippen LogP contribution in [0, 0.1) is 16.0 Å². The maximum Gasteiger partial charge on any atom is 0.353 e. The summed E-state index contributed by atoms with van der Waals surface area (Å²) < 4.78 is 5.06. The van der Waals surface area contributed by atoms with Crippen molar-refractivity contribution in [2.75, 3.05) is 29.9 Å². The van der Waals surface area contributed by atoms with E-state index in [2.05, 4.69) is 20.3 Å². The quantitative estimate of drug-likeness (QED) is 0.462. The number of ether oxygens (including phenoxy) is 1. The van der Waals surface area contributed by atoms with Gasteiger partial charge in [-0.15, -0.1) is 0 Å². The molecule has 1 fully saturated rings. The molecule has 0 amide bonds. The van der Waals surface area contributed by atoms with Crippen LogP contribution in [0.25, 0.3) is 0 Å². The summed E-state index contributed by atoms with van der Waals surface area (Å²) in [5.74, 6) is 0.360. The molecule has 0 spiro atoms. The molecule has 0 atom stereocenters. The van der Waals surface area contributed by atoms with Crippen LogP contribution in [-0.4, -0.2) is 45.5 Å². The van der Waals surface area contributed by atoms with Gasteiger partial charge in [-0.05, 0) is 31.9 Å². The average molecular weight is 372 g/mol. The van der Waals surface area contributed by atoms with Crippen LogP contribution in [0.1, 0.15) is 19.8 Å². The summed E-state index contributed by atoms with van der Waals surface area (Å²) in [5.41, 5.74) is -0.210. The standard InChI is InChI=1S/C17H20N6O4/c1-2-27-17(24)12-6-9-22(10-7-12)16-14(23(25)26)15(19-11-20-16)21-13-5-3-4-8-18-13/h3-5,8,11-12H,2,6-7,9-10H2,1H3,(H,18,19,20,21). The van der Waals surface area contributed by atoms with Crippen molar-refractivity contribution < 1.29 is 14.5 Å². The summed E-state index contributed by atoms with van der Waals surface area (Å²) in [4.78, 5) is 37.1. The topological polar surface area (TPSA) is 123 Å². The van der Waals surface area contributed by atoms with Gasteiger partial charge >= 0.3 is 11.7 Å². The molecule has 0 bridgehead atoms. The monoisotopic (exact) mass is 372 g/mol. The molecule has 1 N–H and O–H groups in total.